The zero-order valence-electron chi connectivity index (χ0n) is 9.16. The lowest BCUT2D eigenvalue weighted by Gasteiger charge is -2.19. The fourth-order valence-electron chi connectivity index (χ4n) is 1.83. The van der Waals surface area contributed by atoms with Crippen LogP contribution in [-0.2, 0) is 9.53 Å². The molecular weight excluding hydrogens is 228 g/mol. The molecule has 0 N–H and O–H groups in total. The molecule has 0 radical (unpaired) electrons. The molecule has 2 nitrogen and oxygen atoms in total. The van der Waals surface area contributed by atoms with Crippen LogP contribution in [0.15, 0.2) is 0 Å². The summed E-state index contributed by atoms with van der Waals surface area (Å²) >= 11 is 6.32. The number of thiocarbonyl (C=S) groups is 1. The highest BCUT2D eigenvalue weighted by Gasteiger charge is 2.21. The summed E-state index contributed by atoms with van der Waals surface area (Å²) in [5.41, 5.74) is 0. The number of carbonyl (C=O) groups excluding carboxylic acids is 1. The predicted octanol–water partition coefficient (Wildman–Crippen LogP) is 3.19. The molecule has 0 aliphatic heterocycles. The first-order valence-corrected chi connectivity index (χ1v) is 6.95. The molecule has 0 aromatic heterocycles. The van der Waals surface area contributed by atoms with E-state index in [1.807, 2.05) is 6.92 Å². The van der Waals surface area contributed by atoms with Crippen molar-refractivity contribution in [1.82, 2.24) is 0 Å². The van der Waals surface area contributed by atoms with Crippen molar-refractivity contribution in [2.45, 2.75) is 39.0 Å². The third-order valence-corrected chi connectivity index (χ3v) is 3.91. The Morgan fingerprint density at radius 2 is 2.07 bits per heavy atom. The van der Waals surface area contributed by atoms with E-state index in [0.717, 1.165) is 12.8 Å². The van der Waals surface area contributed by atoms with E-state index in [-0.39, 0.29) is 5.92 Å². The molecular formula is C11H18O2S2. The number of ketones is 1. The third kappa shape index (κ3) is 4.98. The Labute approximate surface area is 101 Å². The highest BCUT2D eigenvalue weighted by molar-refractivity contribution is 8.23. The molecule has 0 bridgehead atoms. The van der Waals surface area contributed by atoms with Crippen molar-refractivity contribution in [1.29, 1.82) is 0 Å². The summed E-state index contributed by atoms with van der Waals surface area (Å²) in [4.78, 5) is 11.8. The van der Waals surface area contributed by atoms with Crippen molar-refractivity contribution in [2.75, 3.05) is 12.4 Å². The molecule has 1 saturated carbocycles. The SMILES string of the molecule is CCOC(=S)SCC(=O)C1CCCCC1. The van der Waals surface area contributed by atoms with Crippen molar-refractivity contribution in [3.05, 3.63) is 0 Å². The van der Waals surface area contributed by atoms with Gasteiger partial charge in [-0.3, -0.25) is 4.79 Å². The minimum Gasteiger partial charge on any atom is -0.479 e. The standard InChI is InChI=1S/C11H18O2S2/c1-2-13-11(14)15-8-10(12)9-6-4-3-5-7-9/h9H,2-8H2,1H3. The van der Waals surface area contributed by atoms with E-state index in [1.54, 1.807) is 0 Å². The third-order valence-electron chi connectivity index (χ3n) is 2.65. The van der Waals surface area contributed by atoms with Crippen LogP contribution in [0.1, 0.15) is 39.0 Å². The molecule has 0 aromatic rings. The highest BCUT2D eigenvalue weighted by Crippen LogP contribution is 2.25. The molecule has 1 aliphatic carbocycles. The van der Waals surface area contributed by atoms with Crippen LogP contribution in [-0.4, -0.2) is 22.5 Å². The number of hydrogen-bond donors (Lipinski definition) is 0. The maximum Gasteiger partial charge on any atom is 0.220 e. The minimum absolute atomic E-state index is 0.288. The maximum absolute atomic E-state index is 11.8. The van der Waals surface area contributed by atoms with Crippen molar-refractivity contribution in [3.63, 3.8) is 0 Å². The van der Waals surface area contributed by atoms with Crippen LogP contribution in [0.25, 0.3) is 0 Å². The average Bonchev–Trinajstić information content (AvgIpc) is 2.27. The van der Waals surface area contributed by atoms with Crippen molar-refractivity contribution >= 4 is 34.1 Å². The molecule has 1 aliphatic rings. The molecule has 86 valence electrons. The topological polar surface area (TPSA) is 26.3 Å². The molecule has 0 saturated heterocycles. The Kier molecular flexibility index (Phi) is 6.25. The van der Waals surface area contributed by atoms with Gasteiger partial charge in [-0.05, 0) is 32.0 Å². The fraction of sp³-hybridized carbons (Fsp3) is 0.818. The Bertz CT molecular complexity index is 223. The summed E-state index contributed by atoms with van der Waals surface area (Å²) in [5, 5.41) is 0. The summed E-state index contributed by atoms with van der Waals surface area (Å²) in [5.74, 6) is 1.13. The first kappa shape index (κ1) is 13.0. The maximum atomic E-state index is 11.8. The van der Waals surface area contributed by atoms with Crippen LogP contribution < -0.4 is 0 Å². The normalized spacial score (nSPS) is 17.4. The number of thioether (sulfide) groups is 1. The smallest absolute Gasteiger partial charge is 0.220 e. The molecule has 0 heterocycles. The Hall–Kier alpha value is -0.0900. The van der Waals surface area contributed by atoms with Gasteiger partial charge in [0.25, 0.3) is 0 Å². The van der Waals surface area contributed by atoms with E-state index in [2.05, 4.69) is 0 Å². The van der Waals surface area contributed by atoms with Gasteiger partial charge in [-0.25, -0.2) is 0 Å². The quantitative estimate of drug-likeness (QED) is 0.712. The molecule has 0 unspecified atom stereocenters. The van der Waals surface area contributed by atoms with Crippen LogP contribution in [0.2, 0.25) is 0 Å². The van der Waals surface area contributed by atoms with Gasteiger partial charge in [-0.2, -0.15) is 0 Å². The molecule has 4 heteroatoms. The molecule has 15 heavy (non-hydrogen) atoms. The van der Waals surface area contributed by atoms with Gasteiger partial charge in [-0.15, -0.1) is 0 Å². The summed E-state index contributed by atoms with van der Waals surface area (Å²) < 4.78 is 5.62. The van der Waals surface area contributed by atoms with E-state index >= 15 is 0 Å². The Morgan fingerprint density at radius 1 is 1.40 bits per heavy atom. The first-order chi connectivity index (χ1) is 7.24. The zero-order chi connectivity index (χ0) is 11.1. The van der Waals surface area contributed by atoms with Crippen LogP contribution >= 0.6 is 24.0 Å². The van der Waals surface area contributed by atoms with E-state index in [0.29, 0.717) is 22.5 Å². The Balaban J connectivity index is 2.19. The second kappa shape index (κ2) is 7.23. The summed E-state index contributed by atoms with van der Waals surface area (Å²) in [7, 11) is 0. The van der Waals surface area contributed by atoms with Crippen LogP contribution in [0.4, 0.5) is 0 Å². The zero-order valence-corrected chi connectivity index (χ0v) is 10.8. The molecule has 0 aromatic carbocycles. The molecule has 0 atom stereocenters. The molecule has 1 rings (SSSR count). The van der Waals surface area contributed by atoms with Crippen LogP contribution in [0.3, 0.4) is 0 Å². The molecule has 0 spiro atoms. The summed E-state index contributed by atoms with van der Waals surface area (Å²) in [6.07, 6.45) is 5.84. The number of hydrogen-bond acceptors (Lipinski definition) is 4. The van der Waals surface area contributed by atoms with Crippen LogP contribution in [0.5, 0.6) is 0 Å². The summed E-state index contributed by atoms with van der Waals surface area (Å²) in [6.45, 7) is 2.49. The minimum atomic E-state index is 0.288. The van der Waals surface area contributed by atoms with Gasteiger partial charge < -0.3 is 4.74 Å². The first-order valence-electron chi connectivity index (χ1n) is 5.56. The lowest BCUT2D eigenvalue weighted by atomic mass is 9.87. The number of carbonyl (C=O) groups is 1. The van der Waals surface area contributed by atoms with E-state index in [4.69, 9.17) is 17.0 Å². The lowest BCUT2D eigenvalue weighted by Crippen LogP contribution is -2.20. The van der Waals surface area contributed by atoms with Gasteiger partial charge >= 0.3 is 0 Å². The number of Topliss-reactive ketones (excluding diaryl/α,β-unsaturated/α-hetero) is 1. The average molecular weight is 246 g/mol. The van der Waals surface area contributed by atoms with Gasteiger partial charge in [0.15, 0.2) is 0 Å². The number of rotatable bonds is 4. The largest absolute Gasteiger partial charge is 0.479 e. The summed E-state index contributed by atoms with van der Waals surface area (Å²) in [6, 6.07) is 0. The predicted molar refractivity (Wildman–Crippen MR) is 68.3 cm³/mol. The second-order valence-corrected chi connectivity index (χ2v) is 5.35. The van der Waals surface area contributed by atoms with Crippen LogP contribution in [0, 0.1) is 5.92 Å². The van der Waals surface area contributed by atoms with Gasteiger partial charge in [0.2, 0.25) is 4.38 Å². The molecule has 1 fully saturated rings. The molecule has 0 amide bonds. The van der Waals surface area contributed by atoms with Crippen molar-refractivity contribution < 1.29 is 9.53 Å². The second-order valence-electron chi connectivity index (χ2n) is 3.77. The van der Waals surface area contributed by atoms with E-state index in [1.165, 1.54) is 31.0 Å². The monoisotopic (exact) mass is 246 g/mol. The van der Waals surface area contributed by atoms with E-state index < -0.39 is 0 Å². The highest BCUT2D eigenvalue weighted by atomic mass is 32.2. The van der Waals surface area contributed by atoms with Gasteiger partial charge in [0, 0.05) is 5.92 Å². The van der Waals surface area contributed by atoms with Crippen molar-refractivity contribution in [2.24, 2.45) is 5.92 Å². The number of ether oxygens (including phenoxy) is 1. The van der Waals surface area contributed by atoms with Gasteiger partial charge in [-0.1, -0.05) is 31.0 Å². The Morgan fingerprint density at radius 3 is 2.67 bits per heavy atom. The van der Waals surface area contributed by atoms with Gasteiger partial charge in [0.05, 0.1) is 12.4 Å². The van der Waals surface area contributed by atoms with Crippen molar-refractivity contribution in [3.8, 4) is 0 Å². The lowest BCUT2D eigenvalue weighted by molar-refractivity contribution is -0.121. The fourth-order valence-corrected chi connectivity index (χ4v) is 2.82. The van der Waals surface area contributed by atoms with E-state index in [9.17, 15) is 4.79 Å². The van der Waals surface area contributed by atoms with Gasteiger partial charge in [0.1, 0.15) is 5.78 Å².